The van der Waals surface area contributed by atoms with E-state index in [1.54, 1.807) is 32.0 Å². The van der Waals surface area contributed by atoms with Gasteiger partial charge in [-0.2, -0.15) is 4.31 Å². The second-order valence-corrected chi connectivity index (χ2v) is 9.21. The molecule has 0 fully saturated rings. The van der Waals surface area contributed by atoms with E-state index in [4.69, 9.17) is 4.42 Å². The summed E-state index contributed by atoms with van der Waals surface area (Å²) in [6.45, 7) is 3.61. The van der Waals surface area contributed by atoms with Crippen LogP contribution >= 0.6 is 15.9 Å². The Morgan fingerprint density at radius 2 is 1.81 bits per heavy atom. The fourth-order valence-corrected chi connectivity index (χ4v) is 4.32. The lowest BCUT2D eigenvalue weighted by Crippen LogP contribution is -2.33. The summed E-state index contributed by atoms with van der Waals surface area (Å²) in [7, 11) is -2.02. The third-order valence-corrected chi connectivity index (χ3v) is 6.91. The molecule has 0 aliphatic heterocycles. The molecule has 0 saturated carbocycles. The van der Waals surface area contributed by atoms with E-state index in [0.717, 1.165) is 9.86 Å². The summed E-state index contributed by atoms with van der Waals surface area (Å²) in [5.74, 6) is -0.235. The van der Waals surface area contributed by atoms with Crippen molar-refractivity contribution >= 4 is 48.5 Å². The van der Waals surface area contributed by atoms with Crippen LogP contribution in [0.5, 0.6) is 0 Å². The summed E-state index contributed by atoms with van der Waals surface area (Å²) in [6, 6.07) is 13.1. The highest BCUT2D eigenvalue weighted by molar-refractivity contribution is 9.10. The standard InChI is InChI=1S/C19H19BrN2O4S/c1-12(2)22(3)27(24,25)15-9-7-14(8-10-15)21-19(23)17-11-13-5-4-6-16(20)18(13)26-17/h4-12H,1-3H3,(H,21,23). The highest BCUT2D eigenvalue weighted by Crippen LogP contribution is 2.27. The van der Waals surface area contributed by atoms with Gasteiger partial charge in [-0.1, -0.05) is 12.1 Å². The first-order valence-corrected chi connectivity index (χ1v) is 10.5. The van der Waals surface area contributed by atoms with E-state index in [9.17, 15) is 13.2 Å². The van der Waals surface area contributed by atoms with E-state index >= 15 is 0 Å². The predicted molar refractivity (Wildman–Crippen MR) is 108 cm³/mol. The summed E-state index contributed by atoms with van der Waals surface area (Å²) in [5, 5.41) is 3.53. The Morgan fingerprint density at radius 1 is 1.15 bits per heavy atom. The molecular formula is C19H19BrN2O4S. The van der Waals surface area contributed by atoms with Crippen LogP contribution < -0.4 is 5.32 Å². The zero-order valence-corrected chi connectivity index (χ0v) is 17.5. The maximum Gasteiger partial charge on any atom is 0.291 e. The molecule has 1 N–H and O–H groups in total. The fourth-order valence-electron chi connectivity index (χ4n) is 2.49. The van der Waals surface area contributed by atoms with Gasteiger partial charge in [0.15, 0.2) is 5.76 Å². The number of anilines is 1. The van der Waals surface area contributed by atoms with E-state index in [-0.39, 0.29) is 16.7 Å². The lowest BCUT2D eigenvalue weighted by atomic mass is 10.2. The fraction of sp³-hybridized carbons (Fsp3) is 0.211. The van der Waals surface area contributed by atoms with E-state index in [1.807, 2.05) is 18.2 Å². The molecule has 27 heavy (non-hydrogen) atoms. The van der Waals surface area contributed by atoms with Crippen molar-refractivity contribution in [2.24, 2.45) is 0 Å². The van der Waals surface area contributed by atoms with Crippen LogP contribution in [0.2, 0.25) is 0 Å². The average Bonchev–Trinajstić information content (AvgIpc) is 3.07. The van der Waals surface area contributed by atoms with Crippen LogP contribution in [0.4, 0.5) is 5.69 Å². The predicted octanol–water partition coefficient (Wildman–Crippen LogP) is 4.48. The molecule has 6 nitrogen and oxygen atoms in total. The zero-order chi connectivity index (χ0) is 19.8. The van der Waals surface area contributed by atoms with Crippen molar-refractivity contribution < 1.29 is 17.6 Å². The van der Waals surface area contributed by atoms with Gasteiger partial charge < -0.3 is 9.73 Å². The van der Waals surface area contributed by atoms with Crippen LogP contribution in [0.15, 0.2) is 62.3 Å². The second kappa shape index (κ2) is 7.46. The van der Waals surface area contributed by atoms with Crippen LogP contribution in [0.25, 0.3) is 11.0 Å². The van der Waals surface area contributed by atoms with Crippen molar-refractivity contribution in [3.8, 4) is 0 Å². The van der Waals surface area contributed by atoms with Gasteiger partial charge in [-0.15, -0.1) is 0 Å². The van der Waals surface area contributed by atoms with Gasteiger partial charge in [-0.3, -0.25) is 4.79 Å². The maximum atomic E-state index is 12.5. The van der Waals surface area contributed by atoms with Gasteiger partial charge in [-0.05, 0) is 66.2 Å². The average molecular weight is 451 g/mol. The molecule has 3 rings (SSSR count). The minimum Gasteiger partial charge on any atom is -0.450 e. The molecule has 3 aromatic rings. The number of hydrogen-bond acceptors (Lipinski definition) is 4. The molecule has 1 heterocycles. The van der Waals surface area contributed by atoms with Crippen molar-refractivity contribution in [3.63, 3.8) is 0 Å². The highest BCUT2D eigenvalue weighted by atomic mass is 79.9. The lowest BCUT2D eigenvalue weighted by Gasteiger charge is -2.21. The summed E-state index contributed by atoms with van der Waals surface area (Å²) in [5.41, 5.74) is 1.08. The van der Waals surface area contributed by atoms with Gasteiger partial charge in [0.1, 0.15) is 5.58 Å². The van der Waals surface area contributed by atoms with Crippen LogP contribution in [0.1, 0.15) is 24.4 Å². The number of nitrogens with one attached hydrogen (secondary N) is 1. The normalized spacial score (nSPS) is 12.1. The van der Waals surface area contributed by atoms with E-state index in [2.05, 4.69) is 21.2 Å². The van der Waals surface area contributed by atoms with Crippen molar-refractivity contribution in [3.05, 3.63) is 58.8 Å². The van der Waals surface area contributed by atoms with E-state index in [1.165, 1.54) is 23.5 Å². The van der Waals surface area contributed by atoms with Crippen LogP contribution in [-0.4, -0.2) is 31.7 Å². The molecule has 0 spiro atoms. The first-order chi connectivity index (χ1) is 12.7. The van der Waals surface area contributed by atoms with E-state index in [0.29, 0.717) is 11.3 Å². The number of rotatable bonds is 5. The monoisotopic (exact) mass is 450 g/mol. The molecule has 2 aromatic carbocycles. The third-order valence-electron chi connectivity index (χ3n) is 4.24. The first kappa shape index (κ1) is 19.6. The Bertz CT molecular complexity index is 1090. The highest BCUT2D eigenvalue weighted by Gasteiger charge is 2.23. The van der Waals surface area contributed by atoms with Crippen LogP contribution in [0, 0.1) is 0 Å². The SMILES string of the molecule is CC(C)N(C)S(=O)(=O)c1ccc(NC(=O)c2cc3cccc(Br)c3o2)cc1. The molecular weight excluding hydrogens is 432 g/mol. The number of amides is 1. The first-order valence-electron chi connectivity index (χ1n) is 8.27. The molecule has 0 aliphatic rings. The molecule has 0 unspecified atom stereocenters. The Hall–Kier alpha value is -2.16. The van der Waals surface area contributed by atoms with Crippen molar-refractivity contribution in [2.45, 2.75) is 24.8 Å². The molecule has 0 saturated heterocycles. The number of benzene rings is 2. The van der Waals surface area contributed by atoms with Crippen molar-refractivity contribution in [1.29, 1.82) is 0 Å². The summed E-state index contributed by atoms with van der Waals surface area (Å²) in [4.78, 5) is 12.6. The summed E-state index contributed by atoms with van der Waals surface area (Å²) >= 11 is 3.39. The topological polar surface area (TPSA) is 79.6 Å². The Morgan fingerprint density at radius 3 is 2.41 bits per heavy atom. The van der Waals surface area contributed by atoms with Gasteiger partial charge in [-0.25, -0.2) is 8.42 Å². The Labute approximate surface area is 166 Å². The molecule has 1 amide bonds. The molecule has 0 atom stereocenters. The molecule has 1 aromatic heterocycles. The minimum absolute atomic E-state index is 0.151. The number of fused-ring (bicyclic) bond motifs is 1. The smallest absolute Gasteiger partial charge is 0.291 e. The molecule has 0 bridgehead atoms. The second-order valence-electron chi connectivity index (χ2n) is 6.36. The van der Waals surface area contributed by atoms with Gasteiger partial charge in [0, 0.05) is 24.2 Å². The summed E-state index contributed by atoms with van der Waals surface area (Å²) in [6.07, 6.45) is 0. The molecule has 0 radical (unpaired) electrons. The lowest BCUT2D eigenvalue weighted by molar-refractivity contribution is 0.0998. The third kappa shape index (κ3) is 3.92. The largest absolute Gasteiger partial charge is 0.450 e. The zero-order valence-electron chi connectivity index (χ0n) is 15.1. The number of carbonyl (C=O) groups excluding carboxylic acids is 1. The van der Waals surface area contributed by atoms with E-state index < -0.39 is 15.9 Å². The van der Waals surface area contributed by atoms with Crippen molar-refractivity contribution in [1.82, 2.24) is 4.31 Å². The van der Waals surface area contributed by atoms with Crippen LogP contribution in [-0.2, 0) is 10.0 Å². The molecule has 8 heteroatoms. The van der Waals surface area contributed by atoms with Gasteiger partial charge in [0.25, 0.3) is 5.91 Å². The number of sulfonamides is 1. The van der Waals surface area contributed by atoms with Gasteiger partial charge in [0.2, 0.25) is 10.0 Å². The van der Waals surface area contributed by atoms with Gasteiger partial charge >= 0.3 is 0 Å². The number of nitrogens with zero attached hydrogens (tertiary/aromatic N) is 1. The molecule has 142 valence electrons. The van der Waals surface area contributed by atoms with Gasteiger partial charge in [0.05, 0.1) is 9.37 Å². The number of carbonyl (C=O) groups is 1. The Balaban J connectivity index is 1.79. The number of para-hydroxylation sites is 1. The number of furan rings is 1. The quantitative estimate of drug-likeness (QED) is 0.621. The number of halogens is 1. The minimum atomic E-state index is -3.56. The summed E-state index contributed by atoms with van der Waals surface area (Å²) < 4.78 is 32.6. The van der Waals surface area contributed by atoms with Crippen LogP contribution in [0.3, 0.4) is 0 Å². The Kier molecular flexibility index (Phi) is 5.41. The molecule has 0 aliphatic carbocycles. The van der Waals surface area contributed by atoms with Crippen molar-refractivity contribution in [2.75, 3.05) is 12.4 Å². The maximum absolute atomic E-state index is 12.5. The number of hydrogen-bond donors (Lipinski definition) is 1.